The number of halogens is 3. The molecule has 2 N–H and O–H groups in total. The number of nitrogen functional groups attached to an aromatic ring is 1. The molecule has 0 saturated carbocycles. The second-order valence-electron chi connectivity index (χ2n) is 6.76. The number of hydrogen-bond acceptors (Lipinski definition) is 8. The molecule has 0 atom stereocenters. The fourth-order valence-electron chi connectivity index (χ4n) is 3.45. The van der Waals surface area contributed by atoms with Gasteiger partial charge in [-0.05, 0) is 55.1 Å². The zero-order valence-electron chi connectivity index (χ0n) is 15.3. The summed E-state index contributed by atoms with van der Waals surface area (Å²) in [6.45, 7) is 0. The van der Waals surface area contributed by atoms with Crippen molar-refractivity contribution in [1.82, 2.24) is 29.8 Å². The summed E-state index contributed by atoms with van der Waals surface area (Å²) in [4.78, 5) is 15.5. The molecule has 0 aromatic carbocycles. The van der Waals surface area contributed by atoms with Crippen molar-refractivity contribution in [2.45, 2.75) is 42.0 Å². The van der Waals surface area contributed by atoms with E-state index < -0.39 is 12.0 Å². The van der Waals surface area contributed by atoms with Gasteiger partial charge in [0.05, 0.1) is 0 Å². The zero-order chi connectivity index (χ0) is 20.9. The van der Waals surface area contributed by atoms with Gasteiger partial charge in [0.15, 0.2) is 5.82 Å². The molecule has 0 radical (unpaired) electrons. The Kier molecular flexibility index (Phi) is 4.62. The van der Waals surface area contributed by atoms with Gasteiger partial charge in [-0.3, -0.25) is 4.98 Å². The summed E-state index contributed by atoms with van der Waals surface area (Å²) < 4.78 is 39.7. The van der Waals surface area contributed by atoms with Crippen LogP contribution in [0, 0.1) is 0 Å². The lowest BCUT2D eigenvalue weighted by atomic mass is 9.97. The van der Waals surface area contributed by atoms with Crippen molar-refractivity contribution >= 4 is 33.3 Å². The number of pyridine rings is 1. The molecule has 12 heteroatoms. The van der Waals surface area contributed by atoms with Crippen LogP contribution in [0.1, 0.15) is 29.1 Å². The highest BCUT2D eigenvalue weighted by atomic mass is 32.2. The molecule has 4 aromatic rings. The fraction of sp³-hybridized carbons (Fsp3) is 0.278. The van der Waals surface area contributed by atoms with Gasteiger partial charge in [0.2, 0.25) is 5.16 Å². The maximum atomic E-state index is 13.1. The summed E-state index contributed by atoms with van der Waals surface area (Å²) in [6.07, 6.45) is 2.63. The van der Waals surface area contributed by atoms with Gasteiger partial charge in [-0.1, -0.05) is 0 Å². The molecule has 0 aliphatic heterocycles. The first-order chi connectivity index (χ1) is 14.4. The first kappa shape index (κ1) is 19.2. The lowest BCUT2D eigenvalue weighted by Crippen LogP contribution is -2.21. The maximum absolute atomic E-state index is 13.1. The van der Waals surface area contributed by atoms with Gasteiger partial charge in [-0.25, -0.2) is 14.6 Å². The number of fused-ring (bicyclic) bond motifs is 3. The standard InChI is InChI=1S/C18H14F3N7S2/c19-18(20,21)16-26-27-17(28(16)22)30-15-12-10-5-1-2-6-11(10)29-14(12)24-13(25-15)9-4-3-7-23-8-9/h3-4,7-8H,1-2,5-6,22H2. The topological polar surface area (TPSA) is 95.4 Å². The molecule has 0 unspecified atom stereocenters. The third-order valence-corrected chi connectivity index (χ3v) is 6.94. The zero-order valence-corrected chi connectivity index (χ0v) is 17.0. The van der Waals surface area contributed by atoms with Crippen molar-refractivity contribution in [2.24, 2.45) is 0 Å². The second-order valence-corrected chi connectivity index (χ2v) is 8.80. The molecule has 30 heavy (non-hydrogen) atoms. The molecular formula is C18H14F3N7S2. The van der Waals surface area contributed by atoms with Gasteiger partial charge in [0.25, 0.3) is 5.82 Å². The summed E-state index contributed by atoms with van der Waals surface area (Å²) >= 11 is 2.57. The average Bonchev–Trinajstić information content (AvgIpc) is 3.29. The van der Waals surface area contributed by atoms with Crippen LogP contribution >= 0.6 is 23.1 Å². The first-order valence-electron chi connectivity index (χ1n) is 9.10. The largest absolute Gasteiger partial charge is 0.453 e. The van der Waals surface area contributed by atoms with Crippen molar-refractivity contribution < 1.29 is 13.2 Å². The molecule has 0 spiro atoms. The number of aryl methyl sites for hydroxylation is 2. The third-order valence-electron chi connectivity index (χ3n) is 4.81. The van der Waals surface area contributed by atoms with E-state index in [1.165, 1.54) is 10.4 Å². The Morgan fingerprint density at radius 2 is 1.97 bits per heavy atom. The monoisotopic (exact) mass is 449 g/mol. The second kappa shape index (κ2) is 7.20. The predicted octanol–water partition coefficient (Wildman–Crippen LogP) is 4.11. The number of rotatable bonds is 3. The van der Waals surface area contributed by atoms with E-state index in [-0.39, 0.29) is 5.16 Å². The Bertz CT molecular complexity index is 1230. The third kappa shape index (κ3) is 3.29. The lowest BCUT2D eigenvalue weighted by Gasteiger charge is -2.12. The van der Waals surface area contributed by atoms with E-state index in [0.29, 0.717) is 15.5 Å². The lowest BCUT2D eigenvalue weighted by molar-refractivity contribution is -0.146. The van der Waals surface area contributed by atoms with E-state index in [1.807, 2.05) is 6.07 Å². The molecule has 0 saturated heterocycles. The van der Waals surface area contributed by atoms with Gasteiger partial charge in [-0.2, -0.15) is 13.2 Å². The Hall–Kier alpha value is -2.73. The molecule has 0 bridgehead atoms. The Balaban J connectivity index is 1.68. The minimum Gasteiger partial charge on any atom is -0.335 e. The summed E-state index contributed by atoms with van der Waals surface area (Å²) in [5, 5.41) is 8.15. The highest BCUT2D eigenvalue weighted by Crippen LogP contribution is 2.42. The van der Waals surface area contributed by atoms with E-state index in [1.54, 1.807) is 29.8 Å². The van der Waals surface area contributed by atoms with E-state index in [0.717, 1.165) is 53.2 Å². The molecular weight excluding hydrogens is 435 g/mol. The Morgan fingerprint density at radius 1 is 1.13 bits per heavy atom. The number of aromatic nitrogens is 6. The summed E-state index contributed by atoms with van der Waals surface area (Å²) in [7, 11) is 0. The highest BCUT2D eigenvalue weighted by molar-refractivity contribution is 7.99. The Labute approximate surface area is 176 Å². The van der Waals surface area contributed by atoms with Crippen LogP contribution in [0.15, 0.2) is 34.7 Å². The van der Waals surface area contributed by atoms with Crippen LogP contribution in [0.4, 0.5) is 13.2 Å². The number of nitrogens with zero attached hydrogens (tertiary/aromatic N) is 6. The minimum atomic E-state index is -4.69. The van der Waals surface area contributed by atoms with Gasteiger partial charge in [0.1, 0.15) is 9.86 Å². The average molecular weight is 449 g/mol. The quantitative estimate of drug-likeness (QED) is 0.371. The molecule has 4 heterocycles. The smallest absolute Gasteiger partial charge is 0.335 e. The summed E-state index contributed by atoms with van der Waals surface area (Å²) in [5.41, 5.74) is 1.89. The fourth-order valence-corrected chi connectivity index (χ4v) is 5.67. The van der Waals surface area contributed by atoms with Crippen molar-refractivity contribution in [3.05, 3.63) is 40.8 Å². The van der Waals surface area contributed by atoms with E-state index >= 15 is 0 Å². The van der Waals surface area contributed by atoms with Crippen LogP contribution in [0.25, 0.3) is 21.6 Å². The number of alkyl halides is 3. The summed E-state index contributed by atoms with van der Waals surface area (Å²) in [5.74, 6) is 4.84. The molecule has 154 valence electrons. The number of nitrogens with two attached hydrogens (primary N) is 1. The molecule has 4 aromatic heterocycles. The first-order valence-corrected chi connectivity index (χ1v) is 10.7. The van der Waals surface area contributed by atoms with Gasteiger partial charge < -0.3 is 5.84 Å². The van der Waals surface area contributed by atoms with Gasteiger partial charge in [0, 0.05) is 28.2 Å². The molecule has 1 aliphatic rings. The van der Waals surface area contributed by atoms with Crippen LogP contribution < -0.4 is 5.84 Å². The van der Waals surface area contributed by atoms with Crippen LogP contribution in [-0.4, -0.2) is 29.8 Å². The molecule has 5 rings (SSSR count). The van der Waals surface area contributed by atoms with Crippen molar-refractivity contribution in [3.8, 4) is 11.4 Å². The van der Waals surface area contributed by atoms with Crippen molar-refractivity contribution in [1.29, 1.82) is 0 Å². The van der Waals surface area contributed by atoms with Crippen LogP contribution in [-0.2, 0) is 19.0 Å². The van der Waals surface area contributed by atoms with Crippen LogP contribution in [0.3, 0.4) is 0 Å². The van der Waals surface area contributed by atoms with Gasteiger partial charge in [-0.15, -0.1) is 21.5 Å². The van der Waals surface area contributed by atoms with E-state index in [2.05, 4.69) is 20.2 Å². The molecule has 0 fully saturated rings. The SMILES string of the molecule is Nn1c(Sc2nc(-c3cccnc3)nc3sc4c(c23)CCCC4)nnc1C(F)(F)F. The van der Waals surface area contributed by atoms with Crippen molar-refractivity contribution in [3.63, 3.8) is 0 Å². The highest BCUT2D eigenvalue weighted by Gasteiger charge is 2.38. The number of hydrogen-bond donors (Lipinski definition) is 1. The molecule has 1 aliphatic carbocycles. The maximum Gasteiger partial charge on any atom is 0.453 e. The van der Waals surface area contributed by atoms with Crippen LogP contribution in [0.5, 0.6) is 0 Å². The minimum absolute atomic E-state index is 0.0878. The summed E-state index contributed by atoms with van der Waals surface area (Å²) in [6, 6.07) is 3.62. The van der Waals surface area contributed by atoms with E-state index in [4.69, 9.17) is 10.8 Å². The number of thiophene rings is 1. The molecule has 0 amide bonds. The van der Waals surface area contributed by atoms with E-state index in [9.17, 15) is 13.2 Å². The predicted molar refractivity (Wildman–Crippen MR) is 107 cm³/mol. The Morgan fingerprint density at radius 3 is 2.70 bits per heavy atom. The van der Waals surface area contributed by atoms with Crippen LogP contribution in [0.2, 0.25) is 0 Å². The molecule has 7 nitrogen and oxygen atoms in total. The van der Waals surface area contributed by atoms with Gasteiger partial charge >= 0.3 is 6.18 Å². The van der Waals surface area contributed by atoms with Crippen molar-refractivity contribution in [2.75, 3.05) is 5.84 Å². The normalized spacial score (nSPS) is 14.2.